The fourth-order valence-corrected chi connectivity index (χ4v) is 5.31. The van der Waals surface area contributed by atoms with Crippen molar-refractivity contribution in [2.45, 2.75) is 39.2 Å². The van der Waals surface area contributed by atoms with Crippen molar-refractivity contribution in [3.05, 3.63) is 29.8 Å². The maximum absolute atomic E-state index is 12.7. The van der Waals surface area contributed by atoms with Gasteiger partial charge in [0.15, 0.2) is 9.84 Å². The van der Waals surface area contributed by atoms with E-state index >= 15 is 0 Å². The molecule has 10 heteroatoms. The van der Waals surface area contributed by atoms with E-state index in [-0.39, 0.29) is 41.9 Å². The average molecular weight is 435 g/mol. The molecule has 1 aromatic carbocycles. The van der Waals surface area contributed by atoms with Crippen molar-refractivity contribution in [1.82, 2.24) is 9.91 Å². The molecule has 3 rings (SSSR count). The van der Waals surface area contributed by atoms with E-state index in [0.717, 1.165) is 5.01 Å². The lowest BCUT2D eigenvalue weighted by molar-refractivity contribution is -0.133. The van der Waals surface area contributed by atoms with Gasteiger partial charge in [-0.15, -0.1) is 0 Å². The second-order valence-corrected chi connectivity index (χ2v) is 9.58. The number of nitrogens with one attached hydrogen (secondary N) is 1. The van der Waals surface area contributed by atoms with Gasteiger partial charge in [-0.2, -0.15) is 5.10 Å². The molecule has 0 radical (unpaired) electrons. The van der Waals surface area contributed by atoms with Gasteiger partial charge in [-0.05, 0) is 38.5 Å². The number of hydrogen-bond donors (Lipinski definition) is 1. The van der Waals surface area contributed by atoms with Crippen LogP contribution in [0, 0.1) is 0 Å². The topological polar surface area (TPSA) is 116 Å². The first-order chi connectivity index (χ1) is 14.2. The van der Waals surface area contributed by atoms with E-state index in [9.17, 15) is 22.8 Å². The van der Waals surface area contributed by atoms with Crippen LogP contribution >= 0.6 is 0 Å². The van der Waals surface area contributed by atoms with Crippen molar-refractivity contribution < 1.29 is 22.8 Å². The lowest BCUT2D eigenvalue weighted by Crippen LogP contribution is -2.42. The smallest absolute Gasteiger partial charge is 0.271 e. The summed E-state index contributed by atoms with van der Waals surface area (Å²) in [7, 11) is -3.18. The third-order valence-corrected chi connectivity index (χ3v) is 7.04. The van der Waals surface area contributed by atoms with Crippen LogP contribution in [0.5, 0.6) is 0 Å². The van der Waals surface area contributed by atoms with Crippen LogP contribution in [-0.2, 0) is 19.4 Å². The van der Waals surface area contributed by atoms with Crippen LogP contribution in [0.3, 0.4) is 0 Å². The average Bonchev–Trinajstić information content (AvgIpc) is 3.08. The maximum Gasteiger partial charge on any atom is 0.271 e. The molecule has 1 aromatic rings. The van der Waals surface area contributed by atoms with E-state index in [2.05, 4.69) is 10.4 Å². The zero-order valence-corrected chi connectivity index (χ0v) is 17.9. The van der Waals surface area contributed by atoms with Crippen LogP contribution in [0.1, 0.15) is 43.5 Å². The predicted octanol–water partition coefficient (Wildman–Crippen LogP) is 1.27. The summed E-state index contributed by atoms with van der Waals surface area (Å²) in [6, 6.07) is 6.13. The molecule has 0 aromatic heterocycles. The van der Waals surface area contributed by atoms with E-state index in [1.165, 1.54) is 0 Å². The maximum atomic E-state index is 12.7. The van der Waals surface area contributed by atoms with E-state index in [0.29, 0.717) is 30.8 Å². The van der Waals surface area contributed by atoms with Gasteiger partial charge in [-0.3, -0.25) is 14.4 Å². The molecule has 9 nitrogen and oxygen atoms in total. The molecule has 1 saturated heterocycles. The van der Waals surface area contributed by atoms with Crippen molar-refractivity contribution in [3.8, 4) is 0 Å². The number of amides is 3. The number of sulfone groups is 1. The van der Waals surface area contributed by atoms with Gasteiger partial charge in [0.2, 0.25) is 5.91 Å². The summed E-state index contributed by atoms with van der Waals surface area (Å²) < 4.78 is 23.5. The Morgan fingerprint density at radius 1 is 1.23 bits per heavy atom. The molecule has 0 unspecified atom stereocenters. The number of hydrazone groups is 1. The first-order valence-electron chi connectivity index (χ1n) is 10.0. The number of carbonyl (C=O) groups is 3. The van der Waals surface area contributed by atoms with Crippen LogP contribution in [-0.4, -0.2) is 72.4 Å². The van der Waals surface area contributed by atoms with Gasteiger partial charge in [0, 0.05) is 37.2 Å². The summed E-state index contributed by atoms with van der Waals surface area (Å²) in [5.74, 6) is -0.981. The van der Waals surface area contributed by atoms with Gasteiger partial charge < -0.3 is 10.2 Å². The normalized spacial score (nSPS) is 20.6. The zero-order valence-electron chi connectivity index (χ0n) is 17.1. The molecule has 2 aliphatic rings. The molecule has 0 spiro atoms. The lowest BCUT2D eigenvalue weighted by atomic mass is 10.1. The fraction of sp³-hybridized carbons (Fsp3) is 0.500. The summed E-state index contributed by atoms with van der Waals surface area (Å²) in [6.07, 6.45) is 0.601. The second-order valence-electron chi connectivity index (χ2n) is 7.35. The summed E-state index contributed by atoms with van der Waals surface area (Å²) >= 11 is 0. The minimum atomic E-state index is -3.18. The number of anilines is 1. The van der Waals surface area contributed by atoms with Crippen molar-refractivity contribution in [1.29, 1.82) is 0 Å². The zero-order chi connectivity index (χ0) is 21.9. The SMILES string of the molecule is CCN(CC)C(=O)c1cccc(NC(=O)C2=NN([C@H]3CCS(=O)(=O)C3)C(=O)CC2)c1. The lowest BCUT2D eigenvalue weighted by Gasteiger charge is -2.27. The molecule has 162 valence electrons. The molecule has 3 amide bonds. The van der Waals surface area contributed by atoms with Crippen LogP contribution in [0.2, 0.25) is 0 Å². The number of hydrogen-bond acceptors (Lipinski definition) is 6. The van der Waals surface area contributed by atoms with Gasteiger partial charge in [0.05, 0.1) is 17.5 Å². The fourth-order valence-electron chi connectivity index (χ4n) is 3.61. The molecule has 1 atom stereocenters. The van der Waals surface area contributed by atoms with E-state index in [1.807, 2.05) is 13.8 Å². The Bertz CT molecular complexity index is 985. The van der Waals surface area contributed by atoms with Crippen LogP contribution < -0.4 is 5.32 Å². The van der Waals surface area contributed by atoms with Crippen LogP contribution in [0.4, 0.5) is 5.69 Å². The summed E-state index contributed by atoms with van der Waals surface area (Å²) in [5, 5.41) is 8.05. The molecule has 1 N–H and O–H groups in total. The van der Waals surface area contributed by atoms with E-state index < -0.39 is 21.8 Å². The predicted molar refractivity (Wildman–Crippen MR) is 113 cm³/mol. The van der Waals surface area contributed by atoms with Crippen molar-refractivity contribution in [2.24, 2.45) is 5.10 Å². The molecule has 0 aliphatic carbocycles. The van der Waals surface area contributed by atoms with Gasteiger partial charge in [-0.25, -0.2) is 13.4 Å². The molecule has 0 saturated carbocycles. The minimum absolute atomic E-state index is 0.0197. The van der Waals surface area contributed by atoms with Crippen molar-refractivity contribution in [2.75, 3.05) is 29.9 Å². The summed E-state index contributed by atoms with van der Waals surface area (Å²) in [4.78, 5) is 39.1. The Kier molecular flexibility index (Phi) is 6.55. The number of rotatable bonds is 6. The Hall–Kier alpha value is -2.75. The molecule has 2 aliphatic heterocycles. The molecule has 2 heterocycles. The Balaban J connectivity index is 1.74. The quantitative estimate of drug-likeness (QED) is 0.724. The first kappa shape index (κ1) is 21.9. The highest BCUT2D eigenvalue weighted by molar-refractivity contribution is 7.91. The van der Waals surface area contributed by atoms with Crippen molar-refractivity contribution in [3.63, 3.8) is 0 Å². The molecular weight excluding hydrogens is 408 g/mol. The highest BCUT2D eigenvalue weighted by Crippen LogP contribution is 2.22. The van der Waals surface area contributed by atoms with Crippen molar-refractivity contribution >= 4 is 39.0 Å². The third kappa shape index (κ3) is 4.86. The molecule has 1 fully saturated rings. The third-order valence-electron chi connectivity index (χ3n) is 5.29. The summed E-state index contributed by atoms with van der Waals surface area (Å²) in [6.45, 7) is 4.97. The van der Waals surface area contributed by atoms with E-state index in [4.69, 9.17) is 0 Å². The minimum Gasteiger partial charge on any atom is -0.339 e. The number of benzene rings is 1. The largest absolute Gasteiger partial charge is 0.339 e. The molecular formula is C20H26N4O5S. The van der Waals surface area contributed by atoms with Gasteiger partial charge >= 0.3 is 0 Å². The van der Waals surface area contributed by atoms with Gasteiger partial charge in [0.25, 0.3) is 11.8 Å². The Morgan fingerprint density at radius 2 is 1.97 bits per heavy atom. The van der Waals surface area contributed by atoms with Crippen LogP contribution in [0.25, 0.3) is 0 Å². The van der Waals surface area contributed by atoms with Crippen LogP contribution in [0.15, 0.2) is 29.4 Å². The monoisotopic (exact) mass is 434 g/mol. The highest BCUT2D eigenvalue weighted by atomic mass is 32.2. The number of nitrogens with zero attached hydrogens (tertiary/aromatic N) is 3. The molecule has 30 heavy (non-hydrogen) atoms. The summed E-state index contributed by atoms with van der Waals surface area (Å²) in [5.41, 5.74) is 1.09. The Labute approximate surface area is 176 Å². The number of carbonyl (C=O) groups excluding carboxylic acids is 3. The first-order valence-corrected chi connectivity index (χ1v) is 11.9. The molecule has 0 bridgehead atoms. The van der Waals surface area contributed by atoms with Gasteiger partial charge in [-0.1, -0.05) is 6.07 Å². The standard InChI is InChI=1S/C20H26N4O5S/c1-3-23(4-2)20(27)14-6-5-7-15(12-14)21-19(26)17-8-9-18(25)24(22-17)16-10-11-30(28,29)13-16/h5-7,12,16H,3-4,8-11,13H2,1-2H3,(H,21,26)/t16-/m0/s1. The van der Waals surface area contributed by atoms with E-state index in [1.54, 1.807) is 29.2 Å². The Morgan fingerprint density at radius 3 is 2.60 bits per heavy atom. The second kappa shape index (κ2) is 8.95. The van der Waals surface area contributed by atoms with Gasteiger partial charge in [0.1, 0.15) is 5.71 Å². The highest BCUT2D eigenvalue weighted by Gasteiger charge is 2.37.